The van der Waals surface area contributed by atoms with Crippen LogP contribution in [0.5, 0.6) is 0 Å². The average Bonchev–Trinajstić information content (AvgIpc) is 3.19. The lowest BCUT2D eigenvalue weighted by atomic mass is 9.72. The van der Waals surface area contributed by atoms with Gasteiger partial charge in [0.25, 0.3) is 0 Å². The van der Waals surface area contributed by atoms with Gasteiger partial charge in [0.15, 0.2) is 0 Å². The fraction of sp³-hybridized carbons (Fsp3) is 0.481. The van der Waals surface area contributed by atoms with E-state index in [0.717, 1.165) is 62.8 Å². The molecule has 2 fully saturated rings. The van der Waals surface area contributed by atoms with Gasteiger partial charge in [0.2, 0.25) is 5.91 Å². The lowest BCUT2D eigenvalue weighted by Crippen LogP contribution is -2.50. The largest absolute Gasteiger partial charge is 0.381 e. The Bertz CT molecular complexity index is 1080. The highest BCUT2D eigenvalue weighted by atomic mass is 16.5. The zero-order valence-corrected chi connectivity index (χ0v) is 19.0. The van der Waals surface area contributed by atoms with E-state index in [9.17, 15) is 4.79 Å². The lowest BCUT2D eigenvalue weighted by molar-refractivity contribution is -0.141. The van der Waals surface area contributed by atoms with Crippen molar-refractivity contribution in [1.82, 2.24) is 14.3 Å². The number of carbonyl (C=O) groups is 1. The van der Waals surface area contributed by atoms with Crippen molar-refractivity contribution in [3.05, 3.63) is 71.7 Å². The Balaban J connectivity index is 1.32. The third-order valence-corrected chi connectivity index (χ3v) is 7.47. The van der Waals surface area contributed by atoms with Gasteiger partial charge in [-0.3, -0.25) is 4.79 Å². The van der Waals surface area contributed by atoms with E-state index in [2.05, 4.69) is 63.8 Å². The SMILES string of the molecule is Cc1cccc(C2(C(=O)N3CCCC(Cc4cccn5ccnc45)CC3)CCOCC2)c1. The molecule has 2 aliphatic rings. The summed E-state index contributed by atoms with van der Waals surface area (Å²) in [5, 5.41) is 0. The highest BCUT2D eigenvalue weighted by Crippen LogP contribution is 2.38. The molecule has 1 atom stereocenters. The Hall–Kier alpha value is -2.66. The summed E-state index contributed by atoms with van der Waals surface area (Å²) in [6.07, 6.45) is 11.8. The zero-order valence-electron chi connectivity index (χ0n) is 19.0. The van der Waals surface area contributed by atoms with Gasteiger partial charge in [-0.25, -0.2) is 4.98 Å². The number of nitrogens with zero attached hydrogens (tertiary/aromatic N) is 3. The van der Waals surface area contributed by atoms with Crippen molar-refractivity contribution in [3.63, 3.8) is 0 Å². The number of fused-ring (bicyclic) bond motifs is 1. The minimum Gasteiger partial charge on any atom is -0.381 e. The van der Waals surface area contributed by atoms with E-state index < -0.39 is 5.41 Å². The van der Waals surface area contributed by atoms with Crippen LogP contribution >= 0.6 is 0 Å². The van der Waals surface area contributed by atoms with Crippen molar-refractivity contribution in [2.24, 2.45) is 5.92 Å². The quantitative estimate of drug-likeness (QED) is 0.608. The number of benzene rings is 1. The summed E-state index contributed by atoms with van der Waals surface area (Å²) in [6, 6.07) is 12.8. The van der Waals surface area contributed by atoms with E-state index in [-0.39, 0.29) is 0 Å². The van der Waals surface area contributed by atoms with Gasteiger partial charge in [-0.15, -0.1) is 0 Å². The second kappa shape index (κ2) is 9.07. The number of imidazole rings is 1. The molecular weight excluding hydrogens is 398 g/mol. The Morgan fingerprint density at radius 1 is 1.12 bits per heavy atom. The van der Waals surface area contributed by atoms with E-state index in [1.54, 1.807) is 0 Å². The summed E-state index contributed by atoms with van der Waals surface area (Å²) < 4.78 is 7.77. The van der Waals surface area contributed by atoms with Crippen LogP contribution in [0.4, 0.5) is 0 Å². The second-order valence-corrected chi connectivity index (χ2v) is 9.55. The fourth-order valence-corrected chi connectivity index (χ4v) is 5.64. The van der Waals surface area contributed by atoms with Crippen molar-refractivity contribution >= 4 is 11.6 Å². The molecule has 32 heavy (non-hydrogen) atoms. The summed E-state index contributed by atoms with van der Waals surface area (Å²) in [7, 11) is 0. The molecule has 5 nitrogen and oxygen atoms in total. The first-order valence-electron chi connectivity index (χ1n) is 12.0. The molecule has 1 aromatic carbocycles. The van der Waals surface area contributed by atoms with Crippen LogP contribution in [0, 0.1) is 12.8 Å². The van der Waals surface area contributed by atoms with E-state index in [1.807, 2.05) is 12.4 Å². The van der Waals surface area contributed by atoms with Gasteiger partial charge >= 0.3 is 0 Å². The normalized spacial score (nSPS) is 21.4. The van der Waals surface area contributed by atoms with Crippen molar-refractivity contribution < 1.29 is 9.53 Å². The van der Waals surface area contributed by atoms with E-state index >= 15 is 0 Å². The van der Waals surface area contributed by atoms with Gasteiger partial charge in [-0.1, -0.05) is 35.9 Å². The van der Waals surface area contributed by atoms with Crippen LogP contribution in [-0.4, -0.2) is 46.5 Å². The number of aromatic nitrogens is 2. The number of ether oxygens (including phenoxy) is 1. The number of pyridine rings is 1. The lowest BCUT2D eigenvalue weighted by Gasteiger charge is -2.40. The molecule has 2 saturated heterocycles. The Morgan fingerprint density at radius 3 is 2.84 bits per heavy atom. The van der Waals surface area contributed by atoms with Gasteiger partial charge in [-0.05, 0) is 68.6 Å². The van der Waals surface area contributed by atoms with Gasteiger partial charge < -0.3 is 14.0 Å². The number of hydrogen-bond donors (Lipinski definition) is 0. The van der Waals surface area contributed by atoms with E-state index in [1.165, 1.54) is 11.1 Å². The molecule has 4 heterocycles. The Labute approximate surface area is 190 Å². The molecule has 3 aromatic rings. The molecule has 2 aromatic heterocycles. The van der Waals surface area contributed by atoms with Crippen LogP contribution in [0.3, 0.4) is 0 Å². The fourth-order valence-electron chi connectivity index (χ4n) is 5.64. The predicted molar refractivity (Wildman–Crippen MR) is 126 cm³/mol. The number of rotatable bonds is 4. The number of carbonyl (C=O) groups excluding carboxylic acids is 1. The highest BCUT2D eigenvalue weighted by molar-refractivity contribution is 5.88. The number of amides is 1. The highest BCUT2D eigenvalue weighted by Gasteiger charge is 2.44. The molecular formula is C27H33N3O2. The van der Waals surface area contributed by atoms with Gasteiger partial charge in [0.05, 0.1) is 5.41 Å². The number of likely N-dealkylation sites (tertiary alicyclic amines) is 1. The summed E-state index contributed by atoms with van der Waals surface area (Å²) in [5.41, 5.74) is 4.31. The van der Waals surface area contributed by atoms with Crippen LogP contribution in [-0.2, 0) is 21.4 Å². The maximum atomic E-state index is 14.0. The Kier molecular flexibility index (Phi) is 6.01. The maximum Gasteiger partial charge on any atom is 0.233 e. The van der Waals surface area contributed by atoms with Crippen molar-refractivity contribution in [3.8, 4) is 0 Å². The Morgan fingerprint density at radius 2 is 2.00 bits per heavy atom. The van der Waals surface area contributed by atoms with Crippen LogP contribution < -0.4 is 0 Å². The summed E-state index contributed by atoms with van der Waals surface area (Å²) in [4.78, 5) is 20.7. The average molecular weight is 432 g/mol. The first kappa shape index (κ1) is 21.2. The summed E-state index contributed by atoms with van der Waals surface area (Å²) in [6.45, 7) is 5.12. The molecule has 0 saturated carbocycles. The molecule has 2 aliphatic heterocycles. The van der Waals surface area contributed by atoms with Gasteiger partial charge in [-0.2, -0.15) is 0 Å². The van der Waals surface area contributed by atoms with Gasteiger partial charge in [0.1, 0.15) is 5.65 Å². The smallest absolute Gasteiger partial charge is 0.233 e. The van der Waals surface area contributed by atoms with Gasteiger partial charge in [0, 0.05) is 44.9 Å². The molecule has 5 rings (SSSR count). The second-order valence-electron chi connectivity index (χ2n) is 9.55. The van der Waals surface area contributed by atoms with Crippen molar-refractivity contribution in [2.75, 3.05) is 26.3 Å². The minimum absolute atomic E-state index is 0.308. The van der Waals surface area contributed by atoms with Crippen LogP contribution in [0.15, 0.2) is 55.0 Å². The first-order chi connectivity index (χ1) is 15.7. The monoisotopic (exact) mass is 431 g/mol. The molecule has 0 radical (unpaired) electrons. The standard InChI is InChI=1S/C27H33N3O2/c1-21-5-2-8-24(19-21)27(10-17-32-18-11-27)26(31)30-14-3-6-22(9-15-30)20-23-7-4-13-29-16-12-28-25(23)29/h2,4-5,7-8,12-13,16,19,22H,3,6,9-11,14-15,17-18,20H2,1H3. The van der Waals surface area contributed by atoms with Crippen molar-refractivity contribution in [2.45, 2.75) is 50.9 Å². The minimum atomic E-state index is -0.439. The van der Waals surface area contributed by atoms with Crippen LogP contribution in [0.2, 0.25) is 0 Å². The zero-order chi connectivity index (χ0) is 22.0. The summed E-state index contributed by atoms with van der Waals surface area (Å²) >= 11 is 0. The third-order valence-electron chi connectivity index (χ3n) is 7.47. The topological polar surface area (TPSA) is 46.8 Å². The third kappa shape index (κ3) is 4.06. The predicted octanol–water partition coefficient (Wildman–Crippen LogP) is 4.56. The van der Waals surface area contributed by atoms with E-state index in [4.69, 9.17) is 4.74 Å². The summed E-state index contributed by atoms with van der Waals surface area (Å²) in [5.74, 6) is 0.891. The molecule has 0 spiro atoms. The van der Waals surface area contributed by atoms with E-state index in [0.29, 0.717) is 25.0 Å². The van der Waals surface area contributed by atoms with Crippen LogP contribution in [0.25, 0.3) is 5.65 Å². The molecule has 5 heteroatoms. The molecule has 0 bridgehead atoms. The van der Waals surface area contributed by atoms with Crippen LogP contribution in [0.1, 0.15) is 48.8 Å². The molecule has 1 amide bonds. The molecule has 0 N–H and O–H groups in total. The molecule has 0 aliphatic carbocycles. The maximum absolute atomic E-state index is 14.0. The molecule has 168 valence electrons. The number of aryl methyl sites for hydroxylation is 1. The first-order valence-corrected chi connectivity index (χ1v) is 12.0. The molecule has 1 unspecified atom stereocenters. The van der Waals surface area contributed by atoms with Crippen molar-refractivity contribution in [1.29, 1.82) is 0 Å². The number of hydrogen-bond acceptors (Lipinski definition) is 3.